The maximum atomic E-state index is 12.1. The molecule has 0 saturated heterocycles. The lowest BCUT2D eigenvalue weighted by atomic mass is 10.2. The first-order chi connectivity index (χ1) is 9.79. The highest BCUT2D eigenvalue weighted by atomic mass is 35.5. The Bertz CT molecular complexity index is 523. The molecule has 0 spiro atoms. The van der Waals surface area contributed by atoms with Gasteiger partial charge in [-0.3, -0.25) is 9.59 Å². The topological polar surface area (TPSA) is 57.6 Å². The Morgan fingerprint density at radius 1 is 1.33 bits per heavy atom. The number of carbonyl (C=O) groups excluding carboxylic acids is 1. The van der Waals surface area contributed by atoms with Crippen molar-refractivity contribution >= 4 is 46.8 Å². The Kier molecular flexibility index (Phi) is 7.35. The van der Waals surface area contributed by atoms with Gasteiger partial charge in [-0.1, -0.05) is 37.0 Å². The number of amides is 1. The van der Waals surface area contributed by atoms with Crippen molar-refractivity contribution in [2.75, 3.05) is 18.8 Å². The number of hydrogen-bond acceptors (Lipinski definition) is 3. The van der Waals surface area contributed by atoms with Crippen LogP contribution in [0.5, 0.6) is 0 Å². The van der Waals surface area contributed by atoms with Gasteiger partial charge in [-0.15, -0.1) is 11.8 Å². The standard InChI is InChI=1S/C14H17Cl2NO3S/c1-9(2)6-17(7-14(19)20)13(18)8-21-12-5-10(15)3-4-11(12)16/h3-5,9H,6-8H2,1-2H3,(H,19,20). The highest BCUT2D eigenvalue weighted by Crippen LogP contribution is 2.30. The molecule has 4 nitrogen and oxygen atoms in total. The smallest absolute Gasteiger partial charge is 0.323 e. The molecule has 116 valence electrons. The Balaban J connectivity index is 2.68. The summed E-state index contributed by atoms with van der Waals surface area (Å²) < 4.78 is 0. The van der Waals surface area contributed by atoms with Gasteiger partial charge in [-0.2, -0.15) is 0 Å². The number of benzene rings is 1. The second-order valence-corrected chi connectivity index (χ2v) is 6.79. The van der Waals surface area contributed by atoms with E-state index in [-0.39, 0.29) is 24.1 Å². The van der Waals surface area contributed by atoms with E-state index >= 15 is 0 Å². The molecule has 0 bridgehead atoms. The maximum absolute atomic E-state index is 12.1. The Labute approximate surface area is 138 Å². The molecule has 0 radical (unpaired) electrons. The van der Waals surface area contributed by atoms with Gasteiger partial charge >= 0.3 is 5.97 Å². The summed E-state index contributed by atoms with van der Waals surface area (Å²) in [7, 11) is 0. The highest BCUT2D eigenvalue weighted by Gasteiger charge is 2.18. The van der Waals surface area contributed by atoms with Crippen LogP contribution in [0.2, 0.25) is 10.0 Å². The van der Waals surface area contributed by atoms with Gasteiger partial charge in [0.15, 0.2) is 0 Å². The lowest BCUT2D eigenvalue weighted by molar-refractivity contribution is -0.143. The zero-order valence-corrected chi connectivity index (χ0v) is 14.1. The number of aliphatic carboxylic acids is 1. The van der Waals surface area contributed by atoms with Crippen LogP contribution >= 0.6 is 35.0 Å². The third kappa shape index (κ3) is 6.59. The molecule has 7 heteroatoms. The van der Waals surface area contributed by atoms with E-state index in [4.69, 9.17) is 28.3 Å². The largest absolute Gasteiger partial charge is 0.480 e. The summed E-state index contributed by atoms with van der Waals surface area (Å²) in [6.45, 7) is 3.99. The molecule has 1 amide bonds. The minimum Gasteiger partial charge on any atom is -0.480 e. The van der Waals surface area contributed by atoms with E-state index in [9.17, 15) is 9.59 Å². The fourth-order valence-corrected chi connectivity index (χ4v) is 3.07. The van der Waals surface area contributed by atoms with Crippen molar-refractivity contribution < 1.29 is 14.7 Å². The van der Waals surface area contributed by atoms with Crippen molar-refractivity contribution in [1.29, 1.82) is 0 Å². The molecular formula is C14H17Cl2NO3S. The molecule has 0 atom stereocenters. The first kappa shape index (κ1) is 18.1. The zero-order chi connectivity index (χ0) is 16.0. The number of carbonyl (C=O) groups is 2. The molecule has 0 fully saturated rings. The van der Waals surface area contributed by atoms with E-state index < -0.39 is 5.97 Å². The average molecular weight is 350 g/mol. The van der Waals surface area contributed by atoms with Crippen LogP contribution in [0.25, 0.3) is 0 Å². The van der Waals surface area contributed by atoms with Crippen LogP contribution in [0.4, 0.5) is 0 Å². The number of nitrogens with zero attached hydrogens (tertiary/aromatic N) is 1. The zero-order valence-electron chi connectivity index (χ0n) is 11.8. The Hall–Kier alpha value is -0.910. The fraction of sp³-hybridized carbons (Fsp3) is 0.429. The molecular weight excluding hydrogens is 333 g/mol. The van der Waals surface area contributed by atoms with Crippen LogP contribution in [-0.2, 0) is 9.59 Å². The predicted molar refractivity (Wildman–Crippen MR) is 86.2 cm³/mol. The van der Waals surface area contributed by atoms with Gasteiger partial charge in [0.25, 0.3) is 0 Å². The van der Waals surface area contributed by atoms with Crippen molar-refractivity contribution in [2.45, 2.75) is 18.7 Å². The summed E-state index contributed by atoms with van der Waals surface area (Å²) in [4.78, 5) is 25.0. The molecule has 1 aromatic carbocycles. The number of carboxylic acids is 1. The van der Waals surface area contributed by atoms with Crippen LogP contribution in [0.3, 0.4) is 0 Å². The van der Waals surface area contributed by atoms with Crippen molar-refractivity contribution in [3.63, 3.8) is 0 Å². The highest BCUT2D eigenvalue weighted by molar-refractivity contribution is 8.00. The van der Waals surface area contributed by atoms with Crippen molar-refractivity contribution in [2.24, 2.45) is 5.92 Å². The van der Waals surface area contributed by atoms with Crippen molar-refractivity contribution in [1.82, 2.24) is 4.90 Å². The molecule has 1 N–H and O–H groups in total. The van der Waals surface area contributed by atoms with E-state index in [1.165, 1.54) is 16.7 Å². The SMILES string of the molecule is CC(C)CN(CC(=O)O)C(=O)CSc1cc(Cl)ccc1Cl. The summed E-state index contributed by atoms with van der Waals surface area (Å²) in [5.41, 5.74) is 0. The number of carboxylic acid groups (broad SMARTS) is 1. The number of rotatable bonds is 7. The number of halogens is 2. The predicted octanol–water partition coefficient (Wildman–Crippen LogP) is 3.65. The van der Waals surface area contributed by atoms with E-state index in [1.807, 2.05) is 13.8 Å². The third-order valence-corrected chi connectivity index (χ3v) is 4.23. The van der Waals surface area contributed by atoms with Crippen LogP contribution in [0.1, 0.15) is 13.8 Å². The van der Waals surface area contributed by atoms with Crippen molar-refractivity contribution in [3.05, 3.63) is 28.2 Å². The van der Waals surface area contributed by atoms with Crippen LogP contribution < -0.4 is 0 Å². The normalized spacial score (nSPS) is 10.7. The second kappa shape index (κ2) is 8.51. The summed E-state index contributed by atoms with van der Waals surface area (Å²) >= 11 is 13.2. The molecule has 0 aliphatic rings. The van der Waals surface area contributed by atoms with E-state index in [2.05, 4.69) is 0 Å². The van der Waals surface area contributed by atoms with Gasteiger partial charge in [0.2, 0.25) is 5.91 Å². The summed E-state index contributed by atoms with van der Waals surface area (Å²) in [6.07, 6.45) is 0. The molecule has 1 aromatic rings. The van der Waals surface area contributed by atoms with E-state index in [1.54, 1.807) is 18.2 Å². The van der Waals surface area contributed by atoms with Gasteiger partial charge in [-0.05, 0) is 24.1 Å². The van der Waals surface area contributed by atoms with E-state index in [0.29, 0.717) is 21.5 Å². The number of hydrogen-bond donors (Lipinski definition) is 1. The molecule has 0 aliphatic carbocycles. The van der Waals surface area contributed by atoms with Gasteiger partial charge in [0.05, 0.1) is 10.8 Å². The first-order valence-corrected chi connectivity index (χ1v) is 8.11. The minimum absolute atomic E-state index is 0.125. The average Bonchev–Trinajstić information content (AvgIpc) is 2.37. The lowest BCUT2D eigenvalue weighted by Gasteiger charge is -2.22. The Morgan fingerprint density at radius 3 is 2.57 bits per heavy atom. The first-order valence-electron chi connectivity index (χ1n) is 6.37. The van der Waals surface area contributed by atoms with Crippen LogP contribution in [0, 0.1) is 5.92 Å². The van der Waals surface area contributed by atoms with Crippen LogP contribution in [0.15, 0.2) is 23.1 Å². The van der Waals surface area contributed by atoms with Gasteiger partial charge in [-0.25, -0.2) is 0 Å². The van der Waals surface area contributed by atoms with Crippen molar-refractivity contribution in [3.8, 4) is 0 Å². The van der Waals surface area contributed by atoms with Crippen LogP contribution in [-0.4, -0.2) is 40.7 Å². The Morgan fingerprint density at radius 2 is 2.00 bits per heavy atom. The quantitative estimate of drug-likeness (QED) is 0.763. The molecule has 0 aromatic heterocycles. The molecule has 0 saturated carbocycles. The molecule has 0 unspecified atom stereocenters. The third-order valence-electron chi connectivity index (χ3n) is 2.51. The van der Waals surface area contributed by atoms with E-state index in [0.717, 1.165) is 0 Å². The molecule has 0 heterocycles. The molecule has 0 aliphatic heterocycles. The monoisotopic (exact) mass is 349 g/mol. The second-order valence-electron chi connectivity index (χ2n) is 4.93. The summed E-state index contributed by atoms with van der Waals surface area (Å²) in [5.74, 6) is -0.921. The van der Waals surface area contributed by atoms with Gasteiger partial charge in [0.1, 0.15) is 6.54 Å². The summed E-state index contributed by atoms with van der Waals surface area (Å²) in [6, 6.07) is 5.02. The fourth-order valence-electron chi connectivity index (χ4n) is 1.68. The molecule has 1 rings (SSSR count). The van der Waals surface area contributed by atoms with Gasteiger partial charge in [0, 0.05) is 16.5 Å². The lowest BCUT2D eigenvalue weighted by Crippen LogP contribution is -2.39. The number of thioether (sulfide) groups is 1. The summed E-state index contributed by atoms with van der Waals surface area (Å²) in [5, 5.41) is 9.93. The molecule has 21 heavy (non-hydrogen) atoms. The van der Waals surface area contributed by atoms with Gasteiger partial charge < -0.3 is 10.0 Å². The maximum Gasteiger partial charge on any atom is 0.323 e. The minimum atomic E-state index is -1.02.